The zero-order valence-electron chi connectivity index (χ0n) is 16.1. The molecule has 0 amide bonds. The minimum atomic E-state index is -0.173. The second-order valence-electron chi connectivity index (χ2n) is 8.02. The van der Waals surface area contributed by atoms with Gasteiger partial charge in [0.1, 0.15) is 5.82 Å². The van der Waals surface area contributed by atoms with Gasteiger partial charge in [-0.3, -0.25) is 4.99 Å². The number of methoxy groups -OCH3 is 1. The molecule has 26 heavy (non-hydrogen) atoms. The van der Waals surface area contributed by atoms with Crippen LogP contribution in [0.1, 0.15) is 50.5 Å². The van der Waals surface area contributed by atoms with Crippen molar-refractivity contribution in [1.82, 2.24) is 10.6 Å². The van der Waals surface area contributed by atoms with Crippen molar-refractivity contribution in [3.8, 4) is 0 Å². The van der Waals surface area contributed by atoms with E-state index in [4.69, 9.17) is 4.74 Å². The highest BCUT2D eigenvalue weighted by molar-refractivity contribution is 5.79. The van der Waals surface area contributed by atoms with Crippen LogP contribution in [0.2, 0.25) is 0 Å². The fraction of sp³-hybridized carbons (Fsp3) is 0.667. The van der Waals surface area contributed by atoms with Gasteiger partial charge in [-0.15, -0.1) is 0 Å². The maximum atomic E-state index is 13.2. The van der Waals surface area contributed by atoms with Crippen LogP contribution in [0.3, 0.4) is 0 Å². The lowest BCUT2D eigenvalue weighted by Crippen LogP contribution is -2.45. The van der Waals surface area contributed by atoms with Gasteiger partial charge in [0, 0.05) is 39.3 Å². The molecule has 0 radical (unpaired) electrons. The van der Waals surface area contributed by atoms with Crippen LogP contribution in [-0.4, -0.2) is 39.8 Å². The Morgan fingerprint density at radius 1 is 1.08 bits per heavy atom. The third kappa shape index (κ3) is 4.56. The van der Waals surface area contributed by atoms with Crippen molar-refractivity contribution in [2.75, 3.05) is 33.9 Å². The second kappa shape index (κ2) is 8.38. The molecule has 0 saturated heterocycles. The van der Waals surface area contributed by atoms with Crippen molar-refractivity contribution >= 4 is 5.96 Å². The van der Waals surface area contributed by atoms with E-state index in [-0.39, 0.29) is 11.2 Å². The zero-order chi connectivity index (χ0) is 18.5. The smallest absolute Gasteiger partial charge is 0.191 e. The Labute approximate surface area is 156 Å². The number of hydrogen-bond acceptors (Lipinski definition) is 2. The summed E-state index contributed by atoms with van der Waals surface area (Å²) in [5.74, 6) is 0.690. The summed E-state index contributed by atoms with van der Waals surface area (Å²) >= 11 is 0. The lowest BCUT2D eigenvalue weighted by molar-refractivity contribution is 0.138. The Hall–Kier alpha value is -1.62. The summed E-state index contributed by atoms with van der Waals surface area (Å²) in [4.78, 5) is 4.40. The highest BCUT2D eigenvalue weighted by atomic mass is 19.1. The van der Waals surface area contributed by atoms with Gasteiger partial charge in [-0.2, -0.15) is 0 Å². The number of halogens is 1. The van der Waals surface area contributed by atoms with Crippen LogP contribution in [-0.2, 0) is 10.2 Å². The van der Waals surface area contributed by atoms with Crippen molar-refractivity contribution < 1.29 is 9.13 Å². The number of nitrogens with zero attached hydrogens (tertiary/aromatic N) is 1. The summed E-state index contributed by atoms with van der Waals surface area (Å²) in [5, 5.41) is 7.04. The number of hydrogen-bond donors (Lipinski definition) is 2. The van der Waals surface area contributed by atoms with Gasteiger partial charge in [0.05, 0.1) is 0 Å². The third-order valence-electron chi connectivity index (χ3n) is 6.26. The molecule has 2 aliphatic rings. The summed E-state index contributed by atoms with van der Waals surface area (Å²) < 4.78 is 18.5. The normalized spacial score (nSPS) is 20.8. The number of rotatable bonds is 8. The molecule has 2 saturated carbocycles. The summed E-state index contributed by atoms with van der Waals surface area (Å²) in [6, 6.07) is 6.95. The number of guanidine groups is 1. The summed E-state index contributed by atoms with van der Waals surface area (Å²) in [7, 11) is 3.60. The minimum Gasteiger partial charge on any atom is -0.385 e. The van der Waals surface area contributed by atoms with Gasteiger partial charge in [-0.05, 0) is 55.2 Å². The predicted octanol–water partition coefficient (Wildman–Crippen LogP) is 3.62. The van der Waals surface area contributed by atoms with Gasteiger partial charge in [-0.1, -0.05) is 25.0 Å². The number of benzene rings is 1. The van der Waals surface area contributed by atoms with Gasteiger partial charge in [0.25, 0.3) is 0 Å². The Morgan fingerprint density at radius 2 is 1.73 bits per heavy atom. The summed E-state index contributed by atoms with van der Waals surface area (Å²) in [6.07, 6.45) is 8.53. The molecular weight excluding hydrogens is 329 g/mol. The Balaban J connectivity index is 1.52. The fourth-order valence-electron chi connectivity index (χ4n) is 4.23. The van der Waals surface area contributed by atoms with Crippen LogP contribution in [0.5, 0.6) is 0 Å². The van der Waals surface area contributed by atoms with Crippen molar-refractivity contribution in [2.45, 2.75) is 50.4 Å². The molecule has 0 atom stereocenters. The number of ether oxygens (including phenoxy) is 1. The number of nitrogens with one attached hydrogen (secondary N) is 2. The van der Waals surface area contributed by atoms with E-state index in [0.717, 1.165) is 44.9 Å². The standard InChI is InChI=1S/C21H32FN3O/c1-23-19(24-15-20(13-14-26-2)9-3-4-10-20)25-16-21(11-12-21)17-5-7-18(22)8-6-17/h5-8H,3-4,9-16H2,1-2H3,(H2,23,24,25). The molecule has 144 valence electrons. The summed E-state index contributed by atoms with van der Waals surface area (Å²) in [6.45, 7) is 2.60. The topological polar surface area (TPSA) is 45.7 Å². The average molecular weight is 362 g/mol. The molecular formula is C21H32FN3O. The van der Waals surface area contributed by atoms with Crippen LogP contribution in [0.15, 0.2) is 29.3 Å². The Bertz CT molecular complexity index is 604. The third-order valence-corrected chi connectivity index (χ3v) is 6.26. The van der Waals surface area contributed by atoms with Crippen molar-refractivity contribution in [3.63, 3.8) is 0 Å². The monoisotopic (exact) mass is 361 g/mol. The van der Waals surface area contributed by atoms with Gasteiger partial charge in [0.2, 0.25) is 0 Å². The van der Waals surface area contributed by atoms with Crippen LogP contribution in [0.4, 0.5) is 4.39 Å². The molecule has 0 unspecified atom stereocenters. The van der Waals surface area contributed by atoms with Gasteiger partial charge < -0.3 is 15.4 Å². The van der Waals surface area contributed by atoms with Crippen molar-refractivity contribution in [3.05, 3.63) is 35.6 Å². The van der Waals surface area contributed by atoms with E-state index in [0.29, 0.717) is 5.41 Å². The maximum absolute atomic E-state index is 13.2. The van der Waals surface area contributed by atoms with E-state index in [1.807, 2.05) is 19.2 Å². The lowest BCUT2D eigenvalue weighted by Gasteiger charge is -2.30. The van der Waals surface area contributed by atoms with Crippen LogP contribution < -0.4 is 10.6 Å². The summed E-state index contributed by atoms with van der Waals surface area (Å²) in [5.41, 5.74) is 1.68. The van der Waals surface area contributed by atoms with E-state index in [1.165, 1.54) is 31.2 Å². The minimum absolute atomic E-state index is 0.131. The Kier molecular flexibility index (Phi) is 6.17. The van der Waals surface area contributed by atoms with Crippen LogP contribution in [0, 0.1) is 11.2 Å². The molecule has 0 aliphatic heterocycles. The quantitative estimate of drug-likeness (QED) is 0.549. The molecule has 2 N–H and O–H groups in total. The van der Waals surface area contributed by atoms with E-state index in [2.05, 4.69) is 15.6 Å². The van der Waals surface area contributed by atoms with Gasteiger partial charge >= 0.3 is 0 Å². The van der Waals surface area contributed by atoms with Gasteiger partial charge in [0.15, 0.2) is 5.96 Å². The number of aliphatic imine (C=N–C) groups is 1. The molecule has 4 nitrogen and oxygen atoms in total. The van der Waals surface area contributed by atoms with E-state index in [1.54, 1.807) is 19.2 Å². The van der Waals surface area contributed by atoms with Crippen molar-refractivity contribution in [2.24, 2.45) is 10.4 Å². The lowest BCUT2D eigenvalue weighted by atomic mass is 9.83. The van der Waals surface area contributed by atoms with Gasteiger partial charge in [-0.25, -0.2) is 4.39 Å². The van der Waals surface area contributed by atoms with E-state index in [9.17, 15) is 4.39 Å². The molecule has 0 bridgehead atoms. The fourth-order valence-corrected chi connectivity index (χ4v) is 4.23. The first-order valence-corrected chi connectivity index (χ1v) is 9.81. The molecule has 5 heteroatoms. The first kappa shape index (κ1) is 19.2. The molecule has 3 rings (SSSR count). The van der Waals surface area contributed by atoms with Crippen molar-refractivity contribution in [1.29, 1.82) is 0 Å². The first-order chi connectivity index (χ1) is 12.6. The predicted molar refractivity (Wildman–Crippen MR) is 104 cm³/mol. The highest BCUT2D eigenvalue weighted by Gasteiger charge is 2.44. The van der Waals surface area contributed by atoms with Crippen LogP contribution >= 0.6 is 0 Å². The van der Waals surface area contributed by atoms with E-state index < -0.39 is 0 Å². The average Bonchev–Trinajstić information content (AvgIpc) is 3.31. The maximum Gasteiger partial charge on any atom is 0.191 e. The Morgan fingerprint density at radius 3 is 2.31 bits per heavy atom. The van der Waals surface area contributed by atoms with Crippen LogP contribution in [0.25, 0.3) is 0 Å². The molecule has 0 spiro atoms. The molecule has 0 heterocycles. The molecule has 2 aliphatic carbocycles. The molecule has 2 fully saturated rings. The second-order valence-corrected chi connectivity index (χ2v) is 8.02. The SMILES string of the molecule is CN=C(NCC1(CCOC)CCCC1)NCC1(c2ccc(F)cc2)CC1. The molecule has 0 aromatic heterocycles. The largest absolute Gasteiger partial charge is 0.385 e. The first-order valence-electron chi connectivity index (χ1n) is 9.81. The zero-order valence-corrected chi connectivity index (χ0v) is 16.1. The van der Waals surface area contributed by atoms with E-state index >= 15 is 0 Å². The molecule has 1 aromatic carbocycles. The highest BCUT2D eigenvalue weighted by Crippen LogP contribution is 2.47. The molecule has 1 aromatic rings.